The Bertz CT molecular complexity index is 569. The molecule has 1 aliphatic rings. The van der Waals surface area contributed by atoms with Crippen molar-refractivity contribution in [1.29, 1.82) is 0 Å². The molecule has 1 saturated heterocycles. The lowest BCUT2D eigenvalue weighted by atomic mass is 10.2. The number of carbonyl (C=O) groups is 2. The topological polar surface area (TPSA) is 70.6 Å². The minimum Gasteiger partial charge on any atom is -0.326 e. The van der Waals surface area contributed by atoms with Crippen LogP contribution in [0.2, 0.25) is 0 Å². The van der Waals surface area contributed by atoms with Crippen LogP contribution in [-0.4, -0.2) is 28.8 Å². The molecule has 1 heterocycles. The Hall–Kier alpha value is -1.82. The van der Waals surface area contributed by atoms with Crippen molar-refractivity contribution in [2.75, 3.05) is 11.9 Å². The Morgan fingerprint density at radius 3 is 2.77 bits per heavy atom. The second-order valence-corrected chi connectivity index (χ2v) is 6.45. The van der Waals surface area contributed by atoms with Gasteiger partial charge in [-0.05, 0) is 25.5 Å². The lowest BCUT2D eigenvalue weighted by Crippen LogP contribution is -2.28. The molecule has 5 nitrogen and oxygen atoms in total. The molecule has 118 valence electrons. The Morgan fingerprint density at radius 2 is 2.09 bits per heavy atom. The molecule has 1 aromatic carbocycles. The van der Waals surface area contributed by atoms with Gasteiger partial charge in [-0.1, -0.05) is 42.8 Å². The summed E-state index contributed by atoms with van der Waals surface area (Å²) in [6, 6.07) is 7.58. The molecule has 0 saturated carbocycles. The number of benzene rings is 1. The average Bonchev–Trinajstić information content (AvgIpc) is 2.82. The molecule has 0 spiro atoms. The zero-order chi connectivity index (χ0) is 15.9. The van der Waals surface area contributed by atoms with Crippen LogP contribution in [0.15, 0.2) is 29.3 Å². The quantitative estimate of drug-likeness (QED) is 0.792. The average molecular weight is 319 g/mol. The minimum atomic E-state index is -0.397. The maximum Gasteiger partial charge on any atom is 0.240 e. The molecule has 2 amide bonds. The van der Waals surface area contributed by atoms with E-state index >= 15 is 0 Å². The Morgan fingerprint density at radius 1 is 1.36 bits per heavy atom. The van der Waals surface area contributed by atoms with E-state index in [4.69, 9.17) is 0 Å². The monoisotopic (exact) mass is 319 g/mol. The largest absolute Gasteiger partial charge is 0.326 e. The van der Waals surface area contributed by atoms with E-state index in [1.807, 2.05) is 31.2 Å². The van der Waals surface area contributed by atoms with Gasteiger partial charge in [-0.25, -0.2) is 0 Å². The molecule has 22 heavy (non-hydrogen) atoms. The van der Waals surface area contributed by atoms with Crippen LogP contribution in [0.3, 0.4) is 0 Å². The van der Waals surface area contributed by atoms with Crippen molar-refractivity contribution in [2.45, 2.75) is 38.4 Å². The maximum atomic E-state index is 12.0. The van der Waals surface area contributed by atoms with Gasteiger partial charge in [0.05, 0.1) is 0 Å². The molecule has 1 atom stereocenters. The van der Waals surface area contributed by atoms with Gasteiger partial charge in [-0.3, -0.25) is 14.6 Å². The van der Waals surface area contributed by atoms with Crippen molar-refractivity contribution in [3.05, 3.63) is 29.8 Å². The third-order valence-electron chi connectivity index (χ3n) is 3.25. The molecule has 1 aliphatic heterocycles. The lowest BCUT2D eigenvalue weighted by molar-refractivity contribution is -0.122. The summed E-state index contributed by atoms with van der Waals surface area (Å²) in [5, 5.41) is 5.78. The first-order chi connectivity index (χ1) is 10.6. The Labute approximate surface area is 135 Å². The van der Waals surface area contributed by atoms with Crippen molar-refractivity contribution in [3.8, 4) is 0 Å². The summed E-state index contributed by atoms with van der Waals surface area (Å²) >= 11 is 1.34. The number of amidine groups is 1. The van der Waals surface area contributed by atoms with Crippen LogP contribution >= 0.6 is 11.8 Å². The molecule has 0 aromatic heterocycles. The van der Waals surface area contributed by atoms with Crippen molar-refractivity contribution >= 4 is 34.4 Å². The summed E-state index contributed by atoms with van der Waals surface area (Å²) in [6.45, 7) is 4.80. The number of thioether (sulfide) groups is 1. The Kier molecular flexibility index (Phi) is 6.00. The lowest BCUT2D eigenvalue weighted by Gasteiger charge is -2.07. The molecule has 2 rings (SSSR count). The molecule has 6 heteroatoms. The number of rotatable bonds is 6. The zero-order valence-corrected chi connectivity index (χ0v) is 13.7. The van der Waals surface area contributed by atoms with Crippen LogP contribution in [0.1, 0.15) is 31.7 Å². The number of anilines is 1. The van der Waals surface area contributed by atoms with Crippen LogP contribution in [0, 0.1) is 6.92 Å². The van der Waals surface area contributed by atoms with Gasteiger partial charge >= 0.3 is 0 Å². The molecule has 0 unspecified atom stereocenters. The van der Waals surface area contributed by atoms with E-state index in [1.54, 1.807) is 0 Å². The van der Waals surface area contributed by atoms with E-state index < -0.39 is 5.25 Å². The highest BCUT2D eigenvalue weighted by molar-refractivity contribution is 8.15. The van der Waals surface area contributed by atoms with E-state index in [2.05, 4.69) is 22.5 Å². The number of nitrogens with one attached hydrogen (secondary N) is 2. The summed E-state index contributed by atoms with van der Waals surface area (Å²) < 4.78 is 0. The Balaban J connectivity index is 1.85. The third-order valence-corrected chi connectivity index (χ3v) is 4.37. The van der Waals surface area contributed by atoms with E-state index in [9.17, 15) is 9.59 Å². The second-order valence-electron chi connectivity index (χ2n) is 5.25. The fraction of sp³-hybridized carbons (Fsp3) is 0.438. The van der Waals surface area contributed by atoms with Crippen LogP contribution in [0.5, 0.6) is 0 Å². The highest BCUT2D eigenvalue weighted by Crippen LogP contribution is 2.23. The van der Waals surface area contributed by atoms with E-state index in [-0.39, 0.29) is 18.2 Å². The second kappa shape index (κ2) is 7.98. The van der Waals surface area contributed by atoms with Crippen molar-refractivity contribution in [3.63, 3.8) is 0 Å². The number of hydrogen-bond donors (Lipinski definition) is 2. The van der Waals surface area contributed by atoms with Crippen molar-refractivity contribution < 1.29 is 9.59 Å². The summed E-state index contributed by atoms with van der Waals surface area (Å²) in [4.78, 5) is 28.2. The van der Waals surface area contributed by atoms with Crippen LogP contribution < -0.4 is 10.6 Å². The number of hydrogen-bond acceptors (Lipinski definition) is 4. The predicted octanol–water partition coefficient (Wildman–Crippen LogP) is 2.71. The standard InChI is InChI=1S/C16H21N3O2S/c1-3-4-9-17-16-19-15(21)13(22-16)10-14(20)18-12-7-5-11(2)6-8-12/h5-8,13H,3-4,9-10H2,1-2H3,(H,18,20)(H,17,19,21)/t13-/m0/s1. The van der Waals surface area contributed by atoms with Gasteiger partial charge in [0.25, 0.3) is 0 Å². The highest BCUT2D eigenvalue weighted by atomic mass is 32.2. The predicted molar refractivity (Wildman–Crippen MR) is 91.2 cm³/mol. The fourth-order valence-corrected chi connectivity index (χ4v) is 2.97. The van der Waals surface area contributed by atoms with Gasteiger partial charge < -0.3 is 10.6 Å². The van der Waals surface area contributed by atoms with Gasteiger partial charge in [0, 0.05) is 18.7 Å². The van der Waals surface area contributed by atoms with E-state index in [0.29, 0.717) is 11.7 Å². The van der Waals surface area contributed by atoms with E-state index in [1.165, 1.54) is 11.8 Å². The van der Waals surface area contributed by atoms with E-state index in [0.717, 1.165) is 24.1 Å². The molecule has 0 radical (unpaired) electrons. The first-order valence-electron chi connectivity index (χ1n) is 7.47. The molecule has 0 aliphatic carbocycles. The number of amides is 2. The van der Waals surface area contributed by atoms with Gasteiger partial charge in [0.2, 0.25) is 11.8 Å². The zero-order valence-electron chi connectivity index (χ0n) is 12.9. The maximum absolute atomic E-state index is 12.0. The first-order valence-corrected chi connectivity index (χ1v) is 8.35. The number of aryl methyl sites for hydroxylation is 1. The molecular weight excluding hydrogens is 298 g/mol. The third kappa shape index (κ3) is 4.87. The summed E-state index contributed by atoms with van der Waals surface area (Å²) in [5.41, 5.74) is 1.88. The highest BCUT2D eigenvalue weighted by Gasteiger charge is 2.31. The minimum absolute atomic E-state index is 0.140. The van der Waals surface area contributed by atoms with Crippen LogP contribution in [0.4, 0.5) is 5.69 Å². The molecular formula is C16H21N3O2S. The van der Waals surface area contributed by atoms with Gasteiger partial charge in [0.1, 0.15) is 5.25 Å². The smallest absolute Gasteiger partial charge is 0.240 e. The van der Waals surface area contributed by atoms with Crippen molar-refractivity contribution in [1.82, 2.24) is 5.32 Å². The molecule has 0 bridgehead atoms. The summed E-state index contributed by atoms with van der Waals surface area (Å²) in [6.07, 6.45) is 2.22. The number of carbonyl (C=O) groups excluding carboxylic acids is 2. The van der Waals surface area contributed by atoms with Crippen LogP contribution in [-0.2, 0) is 9.59 Å². The number of unbranched alkanes of at least 4 members (excludes halogenated alkanes) is 1. The van der Waals surface area contributed by atoms with Gasteiger partial charge in [-0.2, -0.15) is 0 Å². The number of nitrogens with zero attached hydrogens (tertiary/aromatic N) is 1. The van der Waals surface area contributed by atoms with Gasteiger partial charge in [-0.15, -0.1) is 0 Å². The number of aliphatic imine (C=N–C) groups is 1. The van der Waals surface area contributed by atoms with Crippen LogP contribution in [0.25, 0.3) is 0 Å². The summed E-state index contributed by atoms with van der Waals surface area (Å²) in [7, 11) is 0. The fourth-order valence-electron chi connectivity index (χ4n) is 1.97. The van der Waals surface area contributed by atoms with Crippen molar-refractivity contribution in [2.24, 2.45) is 4.99 Å². The summed E-state index contributed by atoms with van der Waals surface area (Å²) in [5.74, 6) is -0.300. The SMILES string of the molecule is CCCCN=C1NC(=O)[C@H](CC(=O)Nc2ccc(C)cc2)S1. The first kappa shape index (κ1) is 16.5. The molecule has 2 N–H and O–H groups in total. The molecule has 1 aromatic rings. The van der Waals surface area contributed by atoms with Gasteiger partial charge in [0.15, 0.2) is 5.17 Å². The normalized spacial score (nSPS) is 19.3. The molecule has 1 fully saturated rings.